The zero-order valence-electron chi connectivity index (χ0n) is 22.2. The van der Waals surface area contributed by atoms with E-state index in [1.54, 1.807) is 37.7 Å². The number of benzene rings is 2. The number of ether oxygens (including phenoxy) is 3. The minimum absolute atomic E-state index is 0.206. The van der Waals surface area contributed by atoms with Crippen molar-refractivity contribution in [3.05, 3.63) is 83.0 Å². The topological polar surface area (TPSA) is 82.4 Å². The van der Waals surface area contributed by atoms with Crippen molar-refractivity contribution >= 4 is 45.0 Å². The van der Waals surface area contributed by atoms with E-state index in [0.29, 0.717) is 44.3 Å². The van der Waals surface area contributed by atoms with E-state index in [0.717, 1.165) is 15.7 Å². The summed E-state index contributed by atoms with van der Waals surface area (Å²) in [5, 5.41) is 0. The largest absolute Gasteiger partial charge is 0.493 e. The lowest BCUT2D eigenvalue weighted by molar-refractivity contribution is -0.139. The van der Waals surface area contributed by atoms with E-state index in [2.05, 4.69) is 20.9 Å². The Bertz CT molecular complexity index is 1590. The van der Waals surface area contributed by atoms with Crippen LogP contribution in [0.3, 0.4) is 0 Å². The normalized spacial score (nSPS) is 15.1. The maximum Gasteiger partial charge on any atom is 0.338 e. The SMILES string of the molecule is CCOC(=O)C1=C(C)N=c2s/c(=C\c3ccc(N(C)C)c(Br)c3)c(=O)n2[C@@H]1c1ccc(OC)c(OCC)c1. The number of allylic oxidation sites excluding steroid dienone is 1. The third-order valence-electron chi connectivity index (χ3n) is 6.07. The maximum absolute atomic E-state index is 13.9. The third-order valence-corrected chi connectivity index (χ3v) is 7.69. The van der Waals surface area contributed by atoms with Crippen LogP contribution < -0.4 is 29.3 Å². The molecule has 1 aromatic heterocycles. The molecule has 0 saturated heterocycles. The van der Waals surface area contributed by atoms with E-state index in [1.807, 2.05) is 56.3 Å². The molecule has 3 aromatic rings. The first-order valence-corrected chi connectivity index (χ1v) is 13.8. The predicted octanol–water partition coefficient (Wildman–Crippen LogP) is 4.03. The van der Waals surface area contributed by atoms with Gasteiger partial charge in [-0.25, -0.2) is 9.79 Å². The highest BCUT2D eigenvalue weighted by atomic mass is 79.9. The van der Waals surface area contributed by atoms with Crippen LogP contribution in [0.1, 0.15) is 37.9 Å². The van der Waals surface area contributed by atoms with Gasteiger partial charge in [-0.3, -0.25) is 9.36 Å². The zero-order chi connectivity index (χ0) is 27.6. The zero-order valence-corrected chi connectivity index (χ0v) is 24.6. The summed E-state index contributed by atoms with van der Waals surface area (Å²) in [6.45, 7) is 6.03. The number of halogens is 1. The lowest BCUT2D eigenvalue weighted by Gasteiger charge is -2.25. The first-order valence-electron chi connectivity index (χ1n) is 12.2. The van der Waals surface area contributed by atoms with Gasteiger partial charge in [0.2, 0.25) is 0 Å². The lowest BCUT2D eigenvalue weighted by atomic mass is 9.95. The van der Waals surface area contributed by atoms with Crippen LogP contribution in [-0.2, 0) is 9.53 Å². The molecule has 10 heteroatoms. The molecule has 1 atom stereocenters. The fourth-order valence-electron chi connectivity index (χ4n) is 4.37. The Morgan fingerprint density at radius 3 is 2.55 bits per heavy atom. The number of fused-ring (bicyclic) bond motifs is 1. The summed E-state index contributed by atoms with van der Waals surface area (Å²) in [5.41, 5.74) is 3.17. The molecule has 1 aliphatic rings. The first kappa shape index (κ1) is 27.7. The Labute approximate surface area is 233 Å². The fraction of sp³-hybridized carbons (Fsp3) is 0.321. The number of carbonyl (C=O) groups is 1. The van der Waals surface area contributed by atoms with Crippen molar-refractivity contribution in [1.29, 1.82) is 0 Å². The van der Waals surface area contributed by atoms with Crippen LogP contribution in [0.25, 0.3) is 6.08 Å². The van der Waals surface area contributed by atoms with Gasteiger partial charge in [0, 0.05) is 18.6 Å². The van der Waals surface area contributed by atoms with Gasteiger partial charge in [0.1, 0.15) is 0 Å². The Balaban J connectivity index is 1.93. The second-order valence-corrected chi connectivity index (χ2v) is 10.6. The van der Waals surface area contributed by atoms with Crippen molar-refractivity contribution in [1.82, 2.24) is 4.57 Å². The summed E-state index contributed by atoms with van der Waals surface area (Å²) < 4.78 is 19.6. The molecular formula is C28H30BrN3O5S. The second-order valence-electron chi connectivity index (χ2n) is 8.75. The van der Waals surface area contributed by atoms with Gasteiger partial charge in [-0.15, -0.1) is 0 Å². The summed E-state index contributed by atoms with van der Waals surface area (Å²) >= 11 is 4.90. The van der Waals surface area contributed by atoms with E-state index >= 15 is 0 Å². The van der Waals surface area contributed by atoms with Gasteiger partial charge in [0.25, 0.3) is 5.56 Å². The average molecular weight is 601 g/mol. The first-order chi connectivity index (χ1) is 18.2. The lowest BCUT2D eigenvalue weighted by Crippen LogP contribution is -2.40. The standard InChI is InChI=1S/C28H30BrN3O5S/c1-7-36-22-15-18(10-12-21(22)35-6)25-24(27(34)37-8-2)16(3)30-28-32(25)26(33)23(38-28)14-17-9-11-20(31(4)5)19(29)13-17/h9-15,25H,7-8H2,1-6H3/b23-14-/t25-/m1/s1. The van der Waals surface area contributed by atoms with Gasteiger partial charge in [0.05, 0.1) is 47.9 Å². The Hall–Kier alpha value is -3.37. The van der Waals surface area contributed by atoms with Gasteiger partial charge in [-0.2, -0.15) is 0 Å². The molecule has 8 nitrogen and oxygen atoms in total. The highest BCUT2D eigenvalue weighted by molar-refractivity contribution is 9.10. The van der Waals surface area contributed by atoms with Crippen LogP contribution in [0.2, 0.25) is 0 Å². The smallest absolute Gasteiger partial charge is 0.338 e. The van der Waals surface area contributed by atoms with Crippen LogP contribution in [0, 0.1) is 0 Å². The quantitative estimate of drug-likeness (QED) is 0.364. The summed E-state index contributed by atoms with van der Waals surface area (Å²) in [4.78, 5) is 34.2. The second kappa shape index (κ2) is 11.6. The minimum atomic E-state index is -0.736. The Morgan fingerprint density at radius 2 is 1.92 bits per heavy atom. The molecule has 0 bridgehead atoms. The van der Waals surface area contributed by atoms with Crippen molar-refractivity contribution in [2.24, 2.45) is 4.99 Å². The van der Waals surface area contributed by atoms with Gasteiger partial charge in [-0.1, -0.05) is 23.5 Å². The predicted molar refractivity (Wildman–Crippen MR) is 153 cm³/mol. The summed E-state index contributed by atoms with van der Waals surface area (Å²) in [7, 11) is 5.51. The molecule has 0 aliphatic carbocycles. The summed E-state index contributed by atoms with van der Waals surface area (Å²) in [6.07, 6.45) is 1.84. The van der Waals surface area contributed by atoms with Gasteiger partial charge in [-0.05, 0) is 78.2 Å². The van der Waals surface area contributed by atoms with E-state index in [4.69, 9.17) is 14.2 Å². The average Bonchev–Trinajstić information content (AvgIpc) is 3.17. The van der Waals surface area contributed by atoms with E-state index in [-0.39, 0.29) is 12.2 Å². The molecule has 2 heterocycles. The number of aromatic nitrogens is 1. The number of anilines is 1. The third kappa shape index (κ3) is 5.28. The molecule has 0 saturated carbocycles. The molecule has 0 amide bonds. The minimum Gasteiger partial charge on any atom is -0.493 e. The number of rotatable bonds is 8. The monoisotopic (exact) mass is 599 g/mol. The van der Waals surface area contributed by atoms with Crippen LogP contribution in [0.5, 0.6) is 11.5 Å². The molecule has 0 unspecified atom stereocenters. The van der Waals surface area contributed by atoms with Crippen LogP contribution in [-0.4, -0.2) is 45.0 Å². The van der Waals surface area contributed by atoms with Crippen LogP contribution in [0.15, 0.2) is 61.9 Å². The molecule has 2 aromatic carbocycles. The molecule has 4 rings (SSSR count). The molecule has 1 aliphatic heterocycles. The van der Waals surface area contributed by atoms with Crippen LogP contribution in [0.4, 0.5) is 5.69 Å². The van der Waals surface area contributed by atoms with Crippen molar-refractivity contribution < 1.29 is 19.0 Å². The number of thiazole rings is 1. The van der Waals surface area contributed by atoms with E-state index in [9.17, 15) is 9.59 Å². The van der Waals surface area contributed by atoms with E-state index < -0.39 is 12.0 Å². The highest BCUT2D eigenvalue weighted by Gasteiger charge is 2.34. The highest BCUT2D eigenvalue weighted by Crippen LogP contribution is 2.36. The van der Waals surface area contributed by atoms with Crippen molar-refractivity contribution in [3.8, 4) is 11.5 Å². The Kier molecular flexibility index (Phi) is 8.42. The molecule has 0 spiro atoms. The van der Waals surface area contributed by atoms with E-state index in [1.165, 1.54) is 11.3 Å². The maximum atomic E-state index is 13.9. The Morgan fingerprint density at radius 1 is 1.16 bits per heavy atom. The van der Waals surface area contributed by atoms with Gasteiger partial charge >= 0.3 is 5.97 Å². The molecule has 0 fully saturated rings. The number of carbonyl (C=O) groups excluding carboxylic acids is 1. The summed E-state index contributed by atoms with van der Waals surface area (Å²) in [5.74, 6) is 0.580. The van der Waals surface area contributed by atoms with Gasteiger partial charge < -0.3 is 19.1 Å². The molecule has 200 valence electrons. The number of nitrogens with zero attached hydrogens (tertiary/aromatic N) is 3. The fourth-order valence-corrected chi connectivity index (χ4v) is 6.16. The van der Waals surface area contributed by atoms with Gasteiger partial charge in [0.15, 0.2) is 16.3 Å². The van der Waals surface area contributed by atoms with Crippen molar-refractivity contribution in [3.63, 3.8) is 0 Å². The van der Waals surface area contributed by atoms with Crippen molar-refractivity contribution in [2.75, 3.05) is 39.3 Å². The molecular weight excluding hydrogens is 570 g/mol. The summed E-state index contributed by atoms with van der Waals surface area (Å²) in [6, 6.07) is 10.6. The number of hydrogen-bond acceptors (Lipinski definition) is 8. The molecule has 38 heavy (non-hydrogen) atoms. The molecule has 0 N–H and O–H groups in total. The molecule has 0 radical (unpaired) electrons. The van der Waals surface area contributed by atoms with Crippen LogP contribution >= 0.6 is 27.3 Å². The number of esters is 1. The van der Waals surface area contributed by atoms with Crippen molar-refractivity contribution in [2.45, 2.75) is 26.8 Å². The number of methoxy groups -OCH3 is 1. The number of hydrogen-bond donors (Lipinski definition) is 0.